The molecule has 0 atom stereocenters. The van der Waals surface area contributed by atoms with Crippen LogP contribution in [0.15, 0.2) is 64.9 Å². The van der Waals surface area contributed by atoms with E-state index in [4.69, 9.17) is 4.74 Å². The fraction of sp³-hybridized carbons (Fsp3) is 0.500. The summed E-state index contributed by atoms with van der Waals surface area (Å²) in [5, 5.41) is 10.5. The SMILES string of the molecule is CCCCCCCN(Cc1ccc(CCCCCC)cc1)C(=Nc1ccc(C(F)(F)F)cc1)C1=C(O)COC1=O. The summed E-state index contributed by atoms with van der Waals surface area (Å²) in [6.07, 6.45) is 6.50. The Morgan fingerprint density at radius 1 is 0.875 bits per heavy atom. The molecule has 2 aromatic carbocycles. The minimum absolute atomic E-state index is 0.0407. The third-order valence-corrected chi connectivity index (χ3v) is 7.03. The maximum atomic E-state index is 13.1. The molecule has 0 saturated heterocycles. The van der Waals surface area contributed by atoms with Gasteiger partial charge < -0.3 is 14.7 Å². The van der Waals surface area contributed by atoms with Gasteiger partial charge in [0.1, 0.15) is 23.8 Å². The van der Waals surface area contributed by atoms with Crippen LogP contribution in [0.4, 0.5) is 18.9 Å². The molecule has 0 unspecified atom stereocenters. The summed E-state index contributed by atoms with van der Waals surface area (Å²) in [5.74, 6) is -0.713. The summed E-state index contributed by atoms with van der Waals surface area (Å²) < 4.78 is 44.4. The predicted molar refractivity (Wildman–Crippen MR) is 153 cm³/mol. The molecule has 8 heteroatoms. The molecule has 3 rings (SSSR count). The minimum atomic E-state index is -4.46. The van der Waals surface area contributed by atoms with E-state index in [1.165, 1.54) is 37.0 Å². The first-order valence-electron chi connectivity index (χ1n) is 14.4. The lowest BCUT2D eigenvalue weighted by Crippen LogP contribution is -2.35. The average molecular weight is 559 g/mol. The second-order valence-electron chi connectivity index (χ2n) is 10.3. The van der Waals surface area contributed by atoms with Gasteiger partial charge in [-0.15, -0.1) is 0 Å². The lowest BCUT2D eigenvalue weighted by molar-refractivity contribution is -0.137. The number of hydrogen-bond donors (Lipinski definition) is 1. The van der Waals surface area contributed by atoms with E-state index >= 15 is 0 Å². The molecular formula is C32H41F3N2O3. The number of aliphatic imine (C=N–C) groups is 1. The van der Waals surface area contributed by atoms with E-state index < -0.39 is 17.7 Å². The highest BCUT2D eigenvalue weighted by molar-refractivity contribution is 6.20. The predicted octanol–water partition coefficient (Wildman–Crippen LogP) is 8.70. The van der Waals surface area contributed by atoms with Crippen LogP contribution in [-0.2, 0) is 28.7 Å². The van der Waals surface area contributed by atoms with Gasteiger partial charge in [0.25, 0.3) is 0 Å². The molecule has 0 aromatic heterocycles. The molecular weight excluding hydrogens is 517 g/mol. The van der Waals surface area contributed by atoms with Crippen LogP contribution in [0.25, 0.3) is 0 Å². The van der Waals surface area contributed by atoms with Crippen molar-refractivity contribution in [1.29, 1.82) is 0 Å². The first-order chi connectivity index (χ1) is 19.2. The third kappa shape index (κ3) is 9.42. The number of benzene rings is 2. The van der Waals surface area contributed by atoms with Gasteiger partial charge in [0.15, 0.2) is 0 Å². The van der Waals surface area contributed by atoms with Crippen LogP contribution in [0, 0.1) is 0 Å². The maximum absolute atomic E-state index is 13.1. The fourth-order valence-electron chi connectivity index (χ4n) is 4.70. The van der Waals surface area contributed by atoms with E-state index in [1.807, 2.05) is 4.90 Å². The Kier molecular flexibility index (Phi) is 12.1. The van der Waals surface area contributed by atoms with E-state index in [0.29, 0.717) is 13.1 Å². The number of unbranched alkanes of at least 4 members (excludes halogenated alkanes) is 7. The van der Waals surface area contributed by atoms with Gasteiger partial charge in [-0.25, -0.2) is 9.79 Å². The monoisotopic (exact) mass is 558 g/mol. The van der Waals surface area contributed by atoms with Crippen molar-refractivity contribution in [2.45, 2.75) is 90.8 Å². The summed E-state index contributed by atoms with van der Waals surface area (Å²) in [6, 6.07) is 12.8. The highest BCUT2D eigenvalue weighted by atomic mass is 19.4. The number of ether oxygens (including phenoxy) is 1. The van der Waals surface area contributed by atoms with Crippen molar-refractivity contribution in [1.82, 2.24) is 4.90 Å². The summed E-state index contributed by atoms with van der Waals surface area (Å²) in [5.41, 5.74) is 1.71. The lowest BCUT2D eigenvalue weighted by Gasteiger charge is -2.27. The highest BCUT2D eigenvalue weighted by Gasteiger charge is 2.33. The van der Waals surface area contributed by atoms with Crippen molar-refractivity contribution in [2.24, 2.45) is 4.99 Å². The minimum Gasteiger partial charge on any atom is -0.508 e. The van der Waals surface area contributed by atoms with Crippen LogP contribution in [0.3, 0.4) is 0 Å². The number of halogens is 3. The molecule has 5 nitrogen and oxygen atoms in total. The number of esters is 1. The van der Waals surface area contributed by atoms with Crippen molar-refractivity contribution in [3.63, 3.8) is 0 Å². The molecule has 218 valence electrons. The number of aliphatic hydroxyl groups is 1. The quantitative estimate of drug-likeness (QED) is 0.103. The number of rotatable bonds is 15. The van der Waals surface area contributed by atoms with Crippen molar-refractivity contribution in [3.8, 4) is 0 Å². The topological polar surface area (TPSA) is 62.1 Å². The zero-order valence-corrected chi connectivity index (χ0v) is 23.6. The summed E-state index contributed by atoms with van der Waals surface area (Å²) in [6.45, 7) is 5.08. The number of cyclic esters (lactones) is 1. The van der Waals surface area contributed by atoms with E-state index in [-0.39, 0.29) is 29.5 Å². The van der Waals surface area contributed by atoms with Gasteiger partial charge in [0, 0.05) is 13.1 Å². The Morgan fingerprint density at radius 3 is 2.05 bits per heavy atom. The number of carbonyl (C=O) groups excluding carboxylic acids is 1. The van der Waals surface area contributed by atoms with E-state index in [0.717, 1.165) is 62.6 Å². The molecule has 2 aromatic rings. The van der Waals surface area contributed by atoms with E-state index in [2.05, 4.69) is 43.1 Å². The molecule has 0 aliphatic carbocycles. The van der Waals surface area contributed by atoms with E-state index in [9.17, 15) is 23.1 Å². The van der Waals surface area contributed by atoms with Gasteiger partial charge in [0.05, 0.1) is 11.3 Å². The number of alkyl halides is 3. The normalized spacial score (nSPS) is 14.1. The van der Waals surface area contributed by atoms with Crippen LogP contribution in [0.2, 0.25) is 0 Å². The number of aliphatic hydroxyl groups excluding tert-OH is 1. The largest absolute Gasteiger partial charge is 0.508 e. The zero-order valence-electron chi connectivity index (χ0n) is 23.6. The van der Waals surface area contributed by atoms with Crippen molar-refractivity contribution in [2.75, 3.05) is 13.2 Å². The molecule has 0 spiro atoms. The number of nitrogens with zero attached hydrogens (tertiary/aromatic N) is 2. The summed E-state index contributed by atoms with van der Waals surface area (Å²) in [4.78, 5) is 19.2. The van der Waals surface area contributed by atoms with Crippen LogP contribution >= 0.6 is 0 Å². The molecule has 1 aliphatic rings. The van der Waals surface area contributed by atoms with Crippen molar-refractivity contribution < 1.29 is 27.8 Å². The molecule has 40 heavy (non-hydrogen) atoms. The molecule has 0 amide bonds. The van der Waals surface area contributed by atoms with Crippen LogP contribution < -0.4 is 0 Å². The van der Waals surface area contributed by atoms with Gasteiger partial charge >= 0.3 is 12.1 Å². The van der Waals surface area contributed by atoms with Crippen LogP contribution in [0.5, 0.6) is 0 Å². The summed E-state index contributed by atoms with van der Waals surface area (Å²) in [7, 11) is 0. The fourth-order valence-corrected chi connectivity index (χ4v) is 4.70. The van der Waals surface area contributed by atoms with Crippen molar-refractivity contribution >= 4 is 17.5 Å². The molecule has 1 N–H and O–H groups in total. The van der Waals surface area contributed by atoms with Gasteiger partial charge in [-0.05, 0) is 54.7 Å². The molecule has 1 aliphatic heterocycles. The third-order valence-electron chi connectivity index (χ3n) is 7.03. The Hall–Kier alpha value is -3.29. The van der Waals surface area contributed by atoms with Gasteiger partial charge in [-0.2, -0.15) is 13.2 Å². The number of amidine groups is 1. The standard InChI is InChI=1S/C32H41F3N2O3/c1-3-5-7-9-11-21-37(22-25-15-13-24(14-16-25)12-10-8-6-4-2)30(29-28(38)23-40-31(29)39)36-27-19-17-26(18-20-27)32(33,34)35/h13-20,38H,3-12,21-23H2,1-2H3. The van der Waals surface area contributed by atoms with E-state index in [1.54, 1.807) is 0 Å². The molecule has 0 bridgehead atoms. The molecule has 0 radical (unpaired) electrons. The van der Waals surface area contributed by atoms with Crippen LogP contribution in [-0.4, -0.2) is 35.0 Å². The second-order valence-corrected chi connectivity index (χ2v) is 10.3. The van der Waals surface area contributed by atoms with Crippen LogP contribution in [0.1, 0.15) is 88.3 Å². The van der Waals surface area contributed by atoms with Gasteiger partial charge in [0.2, 0.25) is 0 Å². The number of aryl methyl sites for hydroxylation is 1. The Labute approximate surface area is 235 Å². The Balaban J connectivity index is 1.91. The Morgan fingerprint density at radius 2 is 1.48 bits per heavy atom. The number of carbonyl (C=O) groups is 1. The van der Waals surface area contributed by atoms with Crippen molar-refractivity contribution in [3.05, 3.63) is 76.6 Å². The zero-order chi connectivity index (χ0) is 29.0. The highest BCUT2D eigenvalue weighted by Crippen LogP contribution is 2.31. The summed E-state index contributed by atoms with van der Waals surface area (Å²) >= 11 is 0. The smallest absolute Gasteiger partial charge is 0.416 e. The van der Waals surface area contributed by atoms with Gasteiger partial charge in [-0.1, -0.05) is 83.1 Å². The molecule has 1 heterocycles. The van der Waals surface area contributed by atoms with Gasteiger partial charge in [-0.3, -0.25) is 0 Å². The maximum Gasteiger partial charge on any atom is 0.416 e. The first-order valence-corrected chi connectivity index (χ1v) is 14.4. The molecule has 0 fully saturated rings. The molecule has 0 saturated carbocycles. The average Bonchev–Trinajstić information content (AvgIpc) is 3.27. The number of hydrogen-bond acceptors (Lipinski definition) is 4. The second kappa shape index (κ2) is 15.5. The first kappa shape index (κ1) is 31.2. The Bertz CT molecular complexity index is 1140. The lowest BCUT2D eigenvalue weighted by atomic mass is 10.0.